The van der Waals surface area contributed by atoms with Crippen molar-refractivity contribution in [3.63, 3.8) is 0 Å². The van der Waals surface area contributed by atoms with E-state index in [1.54, 1.807) is 6.33 Å². The van der Waals surface area contributed by atoms with Crippen molar-refractivity contribution in [1.29, 1.82) is 0 Å². The topological polar surface area (TPSA) is 60.7 Å². The Balaban J connectivity index is 1.98. The number of hydrogen-bond acceptors (Lipinski definition) is 5. The maximum absolute atomic E-state index is 12.1. The Kier molecular flexibility index (Phi) is 2.56. The summed E-state index contributed by atoms with van der Waals surface area (Å²) in [6.07, 6.45) is 3.63. The molecule has 0 aliphatic carbocycles. The maximum Gasteiger partial charge on any atom is 0.197 e. The Morgan fingerprint density at radius 1 is 1.15 bits per heavy atom. The van der Waals surface area contributed by atoms with Crippen molar-refractivity contribution < 1.29 is 4.79 Å². The average molecular weight is 282 g/mol. The molecule has 0 N–H and O–H groups in total. The van der Waals surface area contributed by atoms with Crippen LogP contribution in [0.25, 0.3) is 11.2 Å². The summed E-state index contributed by atoms with van der Waals surface area (Å²) in [6, 6.07) is 9.94. The van der Waals surface area contributed by atoms with Crippen molar-refractivity contribution in [2.75, 3.05) is 0 Å². The largest absolute Gasteiger partial charge is 0.319 e. The quantitative estimate of drug-likeness (QED) is 0.641. The van der Waals surface area contributed by atoms with Crippen LogP contribution in [0.4, 0.5) is 0 Å². The van der Waals surface area contributed by atoms with Gasteiger partial charge in [0.15, 0.2) is 10.8 Å². The van der Waals surface area contributed by atoms with E-state index < -0.39 is 0 Å². The zero-order valence-corrected chi connectivity index (χ0v) is 11.2. The second-order valence-electron chi connectivity index (χ2n) is 4.61. The summed E-state index contributed by atoms with van der Waals surface area (Å²) in [4.78, 5) is 24.9. The molecule has 6 heteroatoms. The van der Waals surface area contributed by atoms with Crippen LogP contribution in [-0.2, 0) is 4.79 Å². The summed E-state index contributed by atoms with van der Waals surface area (Å²) < 4.78 is 2.01. The molecule has 0 bridgehead atoms. The predicted octanol–water partition coefficient (Wildman–Crippen LogP) is 2.44. The van der Waals surface area contributed by atoms with Gasteiger partial charge in [0.05, 0.1) is 12.4 Å². The van der Waals surface area contributed by atoms with Crippen molar-refractivity contribution in [3.8, 4) is 0 Å². The predicted molar refractivity (Wildman–Crippen MR) is 75.4 cm³/mol. The highest BCUT2D eigenvalue weighted by molar-refractivity contribution is 8.13. The summed E-state index contributed by atoms with van der Waals surface area (Å²) in [6.45, 7) is 0. The summed E-state index contributed by atoms with van der Waals surface area (Å²) >= 11 is 1.18. The zero-order chi connectivity index (χ0) is 13.5. The van der Waals surface area contributed by atoms with E-state index in [4.69, 9.17) is 0 Å². The number of aromatic nitrogens is 4. The minimum absolute atomic E-state index is 0.0477. The lowest BCUT2D eigenvalue weighted by molar-refractivity contribution is -0.111. The first-order chi connectivity index (χ1) is 9.83. The third kappa shape index (κ3) is 1.72. The normalized spacial score (nSPS) is 18.2. The van der Waals surface area contributed by atoms with Crippen molar-refractivity contribution in [1.82, 2.24) is 19.5 Å². The lowest BCUT2D eigenvalue weighted by atomic mass is 10.0. The Bertz CT molecular complexity index is 799. The monoisotopic (exact) mass is 282 g/mol. The van der Waals surface area contributed by atoms with Gasteiger partial charge >= 0.3 is 0 Å². The van der Waals surface area contributed by atoms with Crippen LogP contribution in [0.5, 0.6) is 0 Å². The molecule has 4 rings (SSSR count). The summed E-state index contributed by atoms with van der Waals surface area (Å²) in [7, 11) is 0. The molecule has 3 aromatic rings. The van der Waals surface area contributed by atoms with Gasteiger partial charge in [0, 0.05) is 6.42 Å². The van der Waals surface area contributed by atoms with E-state index in [2.05, 4.69) is 15.0 Å². The number of benzene rings is 1. The van der Waals surface area contributed by atoms with Gasteiger partial charge in [-0.05, 0) is 17.3 Å². The minimum atomic E-state index is -0.0477. The molecule has 20 heavy (non-hydrogen) atoms. The van der Waals surface area contributed by atoms with Crippen LogP contribution < -0.4 is 0 Å². The van der Waals surface area contributed by atoms with E-state index in [1.807, 2.05) is 34.9 Å². The molecule has 1 unspecified atom stereocenters. The van der Waals surface area contributed by atoms with Gasteiger partial charge in [-0.1, -0.05) is 30.3 Å². The van der Waals surface area contributed by atoms with Crippen LogP contribution in [0, 0.1) is 0 Å². The molecule has 0 radical (unpaired) electrons. The Labute approximate surface area is 119 Å². The highest BCUT2D eigenvalue weighted by Crippen LogP contribution is 2.36. The first-order valence-electron chi connectivity index (χ1n) is 6.26. The number of carbonyl (C=O) groups is 1. The lowest BCUT2D eigenvalue weighted by Crippen LogP contribution is -2.11. The van der Waals surface area contributed by atoms with Crippen LogP contribution in [0.2, 0.25) is 0 Å². The van der Waals surface area contributed by atoms with Gasteiger partial charge in [0.2, 0.25) is 0 Å². The molecule has 0 saturated carbocycles. The summed E-state index contributed by atoms with van der Waals surface area (Å²) in [5, 5.41) is 0.804. The van der Waals surface area contributed by atoms with E-state index in [-0.39, 0.29) is 11.2 Å². The van der Waals surface area contributed by atoms with Crippen LogP contribution >= 0.6 is 11.8 Å². The van der Waals surface area contributed by atoms with Crippen molar-refractivity contribution >= 4 is 28.0 Å². The molecule has 0 amide bonds. The third-order valence-electron chi connectivity index (χ3n) is 3.42. The summed E-state index contributed by atoms with van der Waals surface area (Å²) in [5.41, 5.74) is 2.58. The van der Waals surface area contributed by atoms with Gasteiger partial charge in [0.25, 0.3) is 0 Å². The van der Waals surface area contributed by atoms with Crippen LogP contribution in [0.1, 0.15) is 18.0 Å². The SMILES string of the molecule is O=C1CC(c2ccccc2)n2cnc3ncnc(c32)S1. The van der Waals surface area contributed by atoms with E-state index in [1.165, 1.54) is 18.1 Å². The van der Waals surface area contributed by atoms with Gasteiger partial charge in [-0.3, -0.25) is 4.79 Å². The molecule has 0 spiro atoms. The minimum Gasteiger partial charge on any atom is -0.319 e. The number of carbonyl (C=O) groups excluding carboxylic acids is 1. The smallest absolute Gasteiger partial charge is 0.197 e. The summed E-state index contributed by atoms with van der Waals surface area (Å²) in [5.74, 6) is 0. The van der Waals surface area contributed by atoms with E-state index >= 15 is 0 Å². The molecule has 2 aromatic heterocycles. The van der Waals surface area contributed by atoms with Crippen molar-refractivity contribution in [3.05, 3.63) is 48.5 Å². The molecule has 0 fully saturated rings. The fourth-order valence-corrected chi connectivity index (χ4v) is 3.37. The fraction of sp³-hybridized carbons (Fsp3) is 0.143. The maximum atomic E-state index is 12.1. The van der Waals surface area contributed by atoms with Crippen molar-refractivity contribution in [2.24, 2.45) is 0 Å². The Morgan fingerprint density at radius 2 is 2.00 bits per heavy atom. The van der Waals surface area contributed by atoms with Crippen LogP contribution in [0.3, 0.4) is 0 Å². The number of nitrogens with zero attached hydrogens (tertiary/aromatic N) is 4. The lowest BCUT2D eigenvalue weighted by Gasteiger charge is -2.16. The van der Waals surface area contributed by atoms with Crippen LogP contribution in [0.15, 0.2) is 48.0 Å². The van der Waals surface area contributed by atoms with E-state index in [9.17, 15) is 4.79 Å². The molecular formula is C14H10N4OS. The molecule has 1 aromatic carbocycles. The Hall–Kier alpha value is -2.21. The molecule has 5 nitrogen and oxygen atoms in total. The molecule has 3 heterocycles. The van der Waals surface area contributed by atoms with E-state index in [0.717, 1.165) is 11.1 Å². The number of imidazole rings is 1. The fourth-order valence-electron chi connectivity index (χ4n) is 2.52. The molecule has 98 valence electrons. The second kappa shape index (κ2) is 4.42. The van der Waals surface area contributed by atoms with Gasteiger partial charge in [-0.25, -0.2) is 15.0 Å². The average Bonchev–Trinajstić information content (AvgIpc) is 2.84. The zero-order valence-electron chi connectivity index (χ0n) is 10.4. The standard InChI is InChI=1S/C14H10N4OS/c19-11-6-10(9-4-2-1-3-5-9)18-8-17-13-12(18)14(20-11)16-7-15-13/h1-5,7-8,10H,6H2. The molecule has 1 aliphatic heterocycles. The van der Waals surface area contributed by atoms with Gasteiger partial charge in [0.1, 0.15) is 16.9 Å². The van der Waals surface area contributed by atoms with Crippen molar-refractivity contribution in [2.45, 2.75) is 17.5 Å². The number of rotatable bonds is 1. The van der Waals surface area contributed by atoms with E-state index in [0.29, 0.717) is 17.1 Å². The molecular weight excluding hydrogens is 272 g/mol. The van der Waals surface area contributed by atoms with Gasteiger partial charge in [-0.15, -0.1) is 0 Å². The second-order valence-corrected chi connectivity index (χ2v) is 5.65. The van der Waals surface area contributed by atoms with Gasteiger partial charge in [-0.2, -0.15) is 0 Å². The third-order valence-corrected chi connectivity index (χ3v) is 4.31. The highest BCUT2D eigenvalue weighted by Gasteiger charge is 2.27. The molecule has 1 atom stereocenters. The number of hydrogen-bond donors (Lipinski definition) is 0. The van der Waals surface area contributed by atoms with Gasteiger partial charge < -0.3 is 4.57 Å². The van der Waals surface area contributed by atoms with Crippen LogP contribution in [-0.4, -0.2) is 24.6 Å². The first-order valence-corrected chi connectivity index (χ1v) is 7.08. The Morgan fingerprint density at radius 3 is 2.85 bits per heavy atom. The molecule has 0 saturated heterocycles. The first kappa shape index (κ1) is 11.6. The number of thioether (sulfide) groups is 1. The highest BCUT2D eigenvalue weighted by atomic mass is 32.2. The molecule has 1 aliphatic rings.